The van der Waals surface area contributed by atoms with Crippen LogP contribution >= 0.6 is 11.6 Å². The predicted octanol–water partition coefficient (Wildman–Crippen LogP) is 5.57. The number of hydrogen-bond acceptors (Lipinski definition) is 5. The number of nitro benzene ring substituents is 1. The number of hydrazone groups is 1. The van der Waals surface area contributed by atoms with Gasteiger partial charge in [0.25, 0.3) is 11.6 Å². The molecule has 0 unspecified atom stereocenters. The van der Waals surface area contributed by atoms with Gasteiger partial charge in [-0.15, -0.1) is 0 Å². The number of nitrogens with zero attached hydrogens (tertiary/aromatic N) is 2. The summed E-state index contributed by atoms with van der Waals surface area (Å²) in [7, 11) is 0. The van der Waals surface area contributed by atoms with Crippen molar-refractivity contribution in [1.29, 1.82) is 0 Å². The number of nitro groups is 1. The van der Waals surface area contributed by atoms with Gasteiger partial charge in [0.1, 0.15) is 11.5 Å². The molecule has 0 bridgehead atoms. The number of hydrogen-bond donors (Lipinski definition) is 1. The molecule has 1 aromatic heterocycles. The number of amides is 1. The number of furan rings is 1. The van der Waals surface area contributed by atoms with Crippen LogP contribution in [-0.4, -0.2) is 17.0 Å². The number of carbonyl (C=O) groups is 1. The molecule has 0 atom stereocenters. The number of nitrogens with one attached hydrogen (secondary N) is 1. The fourth-order valence-corrected chi connectivity index (χ4v) is 2.93. The molecule has 0 aliphatic rings. The van der Waals surface area contributed by atoms with E-state index in [1.54, 1.807) is 24.3 Å². The van der Waals surface area contributed by atoms with E-state index in [9.17, 15) is 14.9 Å². The van der Waals surface area contributed by atoms with Gasteiger partial charge >= 0.3 is 0 Å². The van der Waals surface area contributed by atoms with Crippen molar-refractivity contribution in [2.45, 2.75) is 26.2 Å². The zero-order chi connectivity index (χ0) is 21.9. The van der Waals surface area contributed by atoms with Gasteiger partial charge in [0, 0.05) is 23.3 Å². The minimum atomic E-state index is -0.505. The lowest BCUT2D eigenvalue weighted by molar-refractivity contribution is -0.384. The van der Waals surface area contributed by atoms with E-state index >= 15 is 0 Å². The highest BCUT2D eigenvalue weighted by Gasteiger charge is 2.15. The average Bonchev–Trinajstić information content (AvgIpc) is 3.16. The van der Waals surface area contributed by atoms with Gasteiger partial charge < -0.3 is 4.42 Å². The lowest BCUT2D eigenvalue weighted by Gasteiger charge is -2.18. The highest BCUT2D eigenvalue weighted by atomic mass is 35.5. The van der Waals surface area contributed by atoms with Gasteiger partial charge in [-0.3, -0.25) is 14.9 Å². The zero-order valence-electron chi connectivity index (χ0n) is 16.7. The maximum atomic E-state index is 12.2. The lowest BCUT2D eigenvalue weighted by atomic mass is 9.87. The van der Waals surface area contributed by atoms with Crippen molar-refractivity contribution in [1.82, 2.24) is 5.43 Å². The van der Waals surface area contributed by atoms with Gasteiger partial charge in [-0.05, 0) is 41.3 Å². The SMILES string of the molecule is CC(C)(C)c1ccc(C(=O)N/N=C\c2ccc(-c3cc([N+](=O)[O-])ccc3Cl)o2)cc1. The fourth-order valence-electron chi connectivity index (χ4n) is 2.72. The van der Waals surface area contributed by atoms with Gasteiger partial charge in [-0.25, -0.2) is 5.43 Å². The summed E-state index contributed by atoms with van der Waals surface area (Å²) in [4.78, 5) is 22.7. The van der Waals surface area contributed by atoms with Crippen molar-refractivity contribution in [3.63, 3.8) is 0 Å². The lowest BCUT2D eigenvalue weighted by Crippen LogP contribution is -2.18. The Balaban J connectivity index is 1.68. The van der Waals surface area contributed by atoms with Crippen LogP contribution in [0.2, 0.25) is 5.02 Å². The molecule has 154 valence electrons. The summed E-state index contributed by atoms with van der Waals surface area (Å²) < 4.78 is 5.62. The Morgan fingerprint density at radius 3 is 2.47 bits per heavy atom. The Morgan fingerprint density at radius 1 is 1.13 bits per heavy atom. The van der Waals surface area contributed by atoms with E-state index in [1.807, 2.05) is 12.1 Å². The standard InChI is InChI=1S/C22H20ClN3O4/c1-22(2,3)15-6-4-14(5-7-15)21(27)25-24-13-17-9-11-20(30-17)18-12-16(26(28)29)8-10-19(18)23/h4-13H,1-3H3,(H,25,27)/b24-13-. The van der Waals surface area contributed by atoms with E-state index in [1.165, 1.54) is 24.4 Å². The minimum absolute atomic E-state index is 0.00618. The fraction of sp³-hybridized carbons (Fsp3) is 0.182. The predicted molar refractivity (Wildman–Crippen MR) is 116 cm³/mol. The molecule has 2 aromatic carbocycles. The number of benzene rings is 2. The largest absolute Gasteiger partial charge is 0.455 e. The molecule has 1 N–H and O–H groups in total. The summed E-state index contributed by atoms with van der Waals surface area (Å²) in [6.45, 7) is 6.31. The third-order valence-corrected chi connectivity index (χ3v) is 4.75. The van der Waals surface area contributed by atoms with Gasteiger partial charge in [0.05, 0.1) is 16.2 Å². The second-order valence-corrected chi connectivity index (χ2v) is 8.06. The smallest absolute Gasteiger partial charge is 0.271 e. The molecule has 3 aromatic rings. The molecule has 1 heterocycles. The number of carbonyl (C=O) groups excluding carboxylic acids is 1. The summed E-state index contributed by atoms with van der Waals surface area (Å²) in [5.74, 6) is 0.366. The second kappa shape index (κ2) is 8.51. The van der Waals surface area contributed by atoms with Crippen molar-refractivity contribution >= 4 is 29.4 Å². The molecule has 8 heteroatoms. The summed E-state index contributed by atoms with van der Waals surface area (Å²) >= 11 is 6.12. The Morgan fingerprint density at radius 2 is 1.83 bits per heavy atom. The molecule has 0 saturated heterocycles. The first-order chi connectivity index (χ1) is 14.1. The van der Waals surface area contributed by atoms with E-state index in [-0.39, 0.29) is 17.0 Å². The van der Waals surface area contributed by atoms with Crippen LogP contribution in [0.5, 0.6) is 0 Å². The van der Waals surface area contributed by atoms with E-state index < -0.39 is 4.92 Å². The maximum Gasteiger partial charge on any atom is 0.271 e. The molecule has 30 heavy (non-hydrogen) atoms. The van der Waals surface area contributed by atoms with Crippen molar-refractivity contribution in [2.75, 3.05) is 0 Å². The Hall–Kier alpha value is -3.45. The molecule has 0 fully saturated rings. The molecule has 3 rings (SSSR count). The molecular formula is C22H20ClN3O4. The molecule has 0 spiro atoms. The number of non-ortho nitro benzene ring substituents is 1. The van der Waals surface area contributed by atoms with Crippen LogP contribution in [0.1, 0.15) is 42.5 Å². The van der Waals surface area contributed by atoms with Crippen LogP contribution in [0.4, 0.5) is 5.69 Å². The topological polar surface area (TPSA) is 97.7 Å². The van der Waals surface area contributed by atoms with Crippen LogP contribution in [-0.2, 0) is 5.41 Å². The molecule has 0 saturated carbocycles. The molecule has 0 aliphatic heterocycles. The molecule has 0 radical (unpaired) electrons. The van der Waals surface area contributed by atoms with Gasteiger partial charge in [0.15, 0.2) is 0 Å². The van der Waals surface area contributed by atoms with Crippen LogP contribution < -0.4 is 5.43 Å². The summed E-state index contributed by atoms with van der Waals surface area (Å²) in [5.41, 5.74) is 4.38. The van der Waals surface area contributed by atoms with Crippen molar-refractivity contribution in [2.24, 2.45) is 5.10 Å². The Bertz CT molecular complexity index is 1110. The maximum absolute atomic E-state index is 12.2. The van der Waals surface area contributed by atoms with Gasteiger partial charge in [0.2, 0.25) is 0 Å². The van der Waals surface area contributed by atoms with E-state index in [4.69, 9.17) is 16.0 Å². The Kier molecular flexibility index (Phi) is 6.03. The normalized spacial score (nSPS) is 11.6. The molecule has 7 nitrogen and oxygen atoms in total. The van der Waals surface area contributed by atoms with Crippen LogP contribution in [0.25, 0.3) is 11.3 Å². The zero-order valence-corrected chi connectivity index (χ0v) is 17.4. The van der Waals surface area contributed by atoms with Gasteiger partial charge in [-0.1, -0.05) is 44.5 Å². The number of halogens is 1. The molecular weight excluding hydrogens is 406 g/mol. The molecule has 1 amide bonds. The third kappa shape index (κ3) is 4.93. The summed E-state index contributed by atoms with van der Waals surface area (Å²) in [6.07, 6.45) is 1.34. The Labute approximate surface area is 178 Å². The average molecular weight is 426 g/mol. The van der Waals surface area contributed by atoms with Crippen LogP contribution in [0.3, 0.4) is 0 Å². The van der Waals surface area contributed by atoms with Crippen molar-refractivity contribution in [3.05, 3.63) is 86.6 Å². The second-order valence-electron chi connectivity index (χ2n) is 7.65. The summed E-state index contributed by atoms with van der Waals surface area (Å²) in [5, 5.41) is 15.2. The highest BCUT2D eigenvalue weighted by molar-refractivity contribution is 6.33. The van der Waals surface area contributed by atoms with Crippen LogP contribution in [0.15, 0.2) is 64.1 Å². The summed E-state index contributed by atoms with van der Waals surface area (Å²) in [6, 6.07) is 14.7. The monoisotopic (exact) mass is 425 g/mol. The first-order valence-electron chi connectivity index (χ1n) is 9.13. The van der Waals surface area contributed by atoms with E-state index in [2.05, 4.69) is 31.3 Å². The third-order valence-electron chi connectivity index (χ3n) is 4.42. The van der Waals surface area contributed by atoms with Crippen molar-refractivity contribution < 1.29 is 14.1 Å². The van der Waals surface area contributed by atoms with E-state index in [0.29, 0.717) is 27.7 Å². The molecule has 0 aliphatic carbocycles. The quantitative estimate of drug-likeness (QED) is 0.328. The number of rotatable bonds is 5. The van der Waals surface area contributed by atoms with Gasteiger partial charge in [-0.2, -0.15) is 5.10 Å². The minimum Gasteiger partial charge on any atom is -0.455 e. The van der Waals surface area contributed by atoms with Crippen molar-refractivity contribution in [3.8, 4) is 11.3 Å². The first kappa shape index (κ1) is 21.3. The van der Waals surface area contributed by atoms with Crippen LogP contribution in [0, 0.1) is 10.1 Å². The highest BCUT2D eigenvalue weighted by Crippen LogP contribution is 2.32. The van der Waals surface area contributed by atoms with E-state index in [0.717, 1.165) is 5.56 Å². The first-order valence-corrected chi connectivity index (χ1v) is 9.51.